The zero-order valence-corrected chi connectivity index (χ0v) is 9.81. The zero-order chi connectivity index (χ0) is 13.7. The molecule has 0 saturated carbocycles. The maximum absolute atomic E-state index is 13.0. The number of benzene rings is 1. The van der Waals surface area contributed by atoms with E-state index in [1.807, 2.05) is 0 Å². The number of nitrogens with one attached hydrogen (secondary N) is 1. The highest BCUT2D eigenvalue weighted by molar-refractivity contribution is 5.97. The third kappa shape index (κ3) is 4.40. The van der Waals surface area contributed by atoms with Crippen LogP contribution in [0.1, 0.15) is 13.3 Å². The van der Waals surface area contributed by atoms with Gasteiger partial charge in [0.15, 0.2) is 11.6 Å². The van der Waals surface area contributed by atoms with E-state index < -0.39 is 23.4 Å². The third-order valence-electron chi connectivity index (χ3n) is 2.17. The van der Waals surface area contributed by atoms with Gasteiger partial charge in [0.25, 0.3) is 0 Å². The summed E-state index contributed by atoms with van der Waals surface area (Å²) in [6, 6.07) is 3.50. The Hall–Kier alpha value is -2.11. The second-order valence-electron chi connectivity index (χ2n) is 3.97. The lowest BCUT2D eigenvalue weighted by atomic mass is 10.0. The first-order chi connectivity index (χ1) is 8.38. The predicted molar refractivity (Wildman–Crippen MR) is 64.0 cm³/mol. The minimum absolute atomic E-state index is 0.0668. The summed E-state index contributed by atoms with van der Waals surface area (Å²) < 4.78 is 13.0. The van der Waals surface area contributed by atoms with Crippen molar-refractivity contribution < 1.29 is 19.1 Å². The van der Waals surface area contributed by atoms with E-state index in [1.54, 1.807) is 6.92 Å². The number of amides is 2. The Bertz CT molecular complexity index is 463. The lowest BCUT2D eigenvalue weighted by molar-refractivity contribution is -0.118. The van der Waals surface area contributed by atoms with Crippen LogP contribution in [0.3, 0.4) is 0 Å². The van der Waals surface area contributed by atoms with Crippen molar-refractivity contribution in [1.29, 1.82) is 0 Å². The van der Waals surface area contributed by atoms with Gasteiger partial charge in [0.1, 0.15) is 0 Å². The summed E-state index contributed by atoms with van der Waals surface area (Å²) in [6.45, 7) is 1.67. The fraction of sp³-hybridized carbons (Fsp3) is 0.250. The Morgan fingerprint density at radius 2 is 2.22 bits per heavy atom. The first kappa shape index (κ1) is 14.0. The van der Waals surface area contributed by atoms with E-state index in [2.05, 4.69) is 5.32 Å². The molecule has 1 aromatic carbocycles. The SMILES string of the molecule is C[C@@H]([CH]C(=O)Nc1ccc(O)c(F)c1)CC(N)=O. The van der Waals surface area contributed by atoms with Gasteiger partial charge in [0.05, 0.1) is 6.42 Å². The molecule has 1 rings (SSSR count). The number of phenolic OH excluding ortho intramolecular Hbond substituents is 1. The molecule has 0 saturated heterocycles. The maximum atomic E-state index is 13.0. The highest BCUT2D eigenvalue weighted by Gasteiger charge is 2.13. The molecule has 0 aliphatic carbocycles. The van der Waals surface area contributed by atoms with Crippen molar-refractivity contribution in [1.82, 2.24) is 0 Å². The third-order valence-corrected chi connectivity index (χ3v) is 2.17. The summed E-state index contributed by atoms with van der Waals surface area (Å²) in [5, 5.41) is 11.4. The zero-order valence-electron chi connectivity index (χ0n) is 9.81. The van der Waals surface area contributed by atoms with Crippen molar-refractivity contribution in [2.45, 2.75) is 13.3 Å². The lowest BCUT2D eigenvalue weighted by Gasteiger charge is -2.09. The van der Waals surface area contributed by atoms with E-state index in [1.165, 1.54) is 12.5 Å². The van der Waals surface area contributed by atoms with Gasteiger partial charge in [-0.2, -0.15) is 0 Å². The van der Waals surface area contributed by atoms with Crippen molar-refractivity contribution in [2.75, 3.05) is 5.32 Å². The molecule has 2 amide bonds. The molecular formula is C12H14FN2O3. The molecule has 0 aliphatic heterocycles. The van der Waals surface area contributed by atoms with E-state index in [0.717, 1.165) is 12.1 Å². The van der Waals surface area contributed by atoms with Crippen LogP contribution in [0.5, 0.6) is 5.75 Å². The number of hydrogen-bond donors (Lipinski definition) is 3. The standard InChI is InChI=1S/C12H14FN2O3/c1-7(4-11(14)17)5-12(18)15-8-2-3-10(16)9(13)6-8/h2-3,5-7,16H,4H2,1H3,(H2,14,17)(H,15,18)/t7-/m1/s1. The molecule has 6 heteroatoms. The van der Waals surface area contributed by atoms with Crippen LogP contribution in [0.4, 0.5) is 10.1 Å². The first-order valence-corrected chi connectivity index (χ1v) is 5.31. The predicted octanol–water partition coefficient (Wildman–Crippen LogP) is 1.19. The number of nitrogens with two attached hydrogens (primary N) is 1. The van der Waals surface area contributed by atoms with E-state index in [-0.39, 0.29) is 18.0 Å². The van der Waals surface area contributed by atoms with Gasteiger partial charge >= 0.3 is 0 Å². The minimum Gasteiger partial charge on any atom is -0.505 e. The quantitative estimate of drug-likeness (QED) is 0.688. The fourth-order valence-electron chi connectivity index (χ4n) is 1.40. The highest BCUT2D eigenvalue weighted by Crippen LogP contribution is 2.19. The average Bonchev–Trinajstić information content (AvgIpc) is 2.21. The smallest absolute Gasteiger partial charge is 0.228 e. The average molecular weight is 253 g/mol. The Balaban J connectivity index is 2.54. The summed E-state index contributed by atoms with van der Waals surface area (Å²) in [5.41, 5.74) is 5.21. The largest absolute Gasteiger partial charge is 0.505 e. The number of primary amides is 1. The topological polar surface area (TPSA) is 92.4 Å². The normalized spacial score (nSPS) is 11.9. The number of phenols is 1. The molecular weight excluding hydrogens is 239 g/mol. The van der Waals surface area contributed by atoms with Crippen LogP contribution in [0, 0.1) is 18.2 Å². The van der Waals surface area contributed by atoms with Crippen LogP contribution in [0.25, 0.3) is 0 Å². The second kappa shape index (κ2) is 6.00. The van der Waals surface area contributed by atoms with Crippen LogP contribution in [0.2, 0.25) is 0 Å². The maximum Gasteiger partial charge on any atom is 0.228 e. The number of carbonyl (C=O) groups excluding carboxylic acids is 2. The summed E-state index contributed by atoms with van der Waals surface area (Å²) in [4.78, 5) is 22.1. The summed E-state index contributed by atoms with van der Waals surface area (Å²) in [7, 11) is 0. The Morgan fingerprint density at radius 3 is 2.78 bits per heavy atom. The molecule has 0 spiro atoms. The van der Waals surface area contributed by atoms with Gasteiger partial charge in [-0.3, -0.25) is 9.59 Å². The van der Waals surface area contributed by atoms with Crippen molar-refractivity contribution in [3.05, 3.63) is 30.4 Å². The molecule has 0 fully saturated rings. The monoisotopic (exact) mass is 253 g/mol. The molecule has 5 nitrogen and oxygen atoms in total. The number of halogens is 1. The Labute approximate surface area is 104 Å². The van der Waals surface area contributed by atoms with E-state index in [4.69, 9.17) is 10.8 Å². The number of aromatic hydroxyl groups is 1. The minimum atomic E-state index is -0.821. The second-order valence-corrected chi connectivity index (χ2v) is 3.97. The van der Waals surface area contributed by atoms with Crippen LogP contribution >= 0.6 is 0 Å². The van der Waals surface area contributed by atoms with Gasteiger partial charge in [-0.05, 0) is 18.1 Å². The molecule has 0 aliphatic rings. The highest BCUT2D eigenvalue weighted by atomic mass is 19.1. The Kier molecular flexibility index (Phi) is 4.65. The van der Waals surface area contributed by atoms with Crippen LogP contribution in [0.15, 0.2) is 18.2 Å². The van der Waals surface area contributed by atoms with Crippen molar-refractivity contribution in [3.8, 4) is 5.75 Å². The molecule has 4 N–H and O–H groups in total. The fourth-order valence-corrected chi connectivity index (χ4v) is 1.40. The molecule has 0 aromatic heterocycles. The molecule has 0 bridgehead atoms. The summed E-state index contributed by atoms with van der Waals surface area (Å²) in [5.74, 6) is -2.57. The Morgan fingerprint density at radius 1 is 1.56 bits per heavy atom. The van der Waals surface area contributed by atoms with Gasteiger partial charge in [-0.15, -0.1) is 0 Å². The molecule has 1 aromatic rings. The number of hydrogen-bond acceptors (Lipinski definition) is 3. The molecule has 1 atom stereocenters. The number of carbonyl (C=O) groups is 2. The van der Waals surface area contributed by atoms with Crippen molar-refractivity contribution >= 4 is 17.5 Å². The van der Waals surface area contributed by atoms with Crippen LogP contribution in [-0.2, 0) is 9.59 Å². The van der Waals surface area contributed by atoms with E-state index in [9.17, 15) is 14.0 Å². The summed E-state index contributed by atoms with van der Waals surface area (Å²) in [6.07, 6.45) is 1.35. The van der Waals surface area contributed by atoms with Gasteiger partial charge < -0.3 is 16.2 Å². The van der Waals surface area contributed by atoms with Gasteiger partial charge in [-0.1, -0.05) is 6.92 Å². The van der Waals surface area contributed by atoms with Gasteiger partial charge in [0, 0.05) is 18.2 Å². The van der Waals surface area contributed by atoms with Crippen LogP contribution < -0.4 is 11.1 Å². The number of anilines is 1. The van der Waals surface area contributed by atoms with E-state index >= 15 is 0 Å². The van der Waals surface area contributed by atoms with Crippen LogP contribution in [-0.4, -0.2) is 16.9 Å². The number of rotatable bonds is 5. The molecule has 1 radical (unpaired) electrons. The molecule has 0 heterocycles. The van der Waals surface area contributed by atoms with Crippen molar-refractivity contribution in [3.63, 3.8) is 0 Å². The van der Waals surface area contributed by atoms with E-state index in [0.29, 0.717) is 0 Å². The summed E-state index contributed by atoms with van der Waals surface area (Å²) >= 11 is 0. The molecule has 97 valence electrons. The van der Waals surface area contributed by atoms with Gasteiger partial charge in [-0.25, -0.2) is 4.39 Å². The lowest BCUT2D eigenvalue weighted by Crippen LogP contribution is -2.20. The van der Waals surface area contributed by atoms with Crippen molar-refractivity contribution in [2.24, 2.45) is 11.7 Å². The molecule has 18 heavy (non-hydrogen) atoms. The molecule has 0 unspecified atom stereocenters. The first-order valence-electron chi connectivity index (χ1n) is 5.31. The van der Waals surface area contributed by atoms with Gasteiger partial charge in [0.2, 0.25) is 11.8 Å².